The maximum absolute atomic E-state index is 11.4. The van der Waals surface area contributed by atoms with E-state index in [1.807, 2.05) is 19.1 Å². The van der Waals surface area contributed by atoms with Crippen molar-refractivity contribution in [2.24, 2.45) is 5.73 Å². The average Bonchev–Trinajstić information content (AvgIpc) is 2.04. The third kappa shape index (κ3) is 2.75. The number of hydrogen-bond donors (Lipinski definition) is 1. The van der Waals surface area contributed by atoms with Gasteiger partial charge in [-0.25, -0.2) is 0 Å². The Bertz CT molecular complexity index is 332. The fourth-order valence-electron chi connectivity index (χ4n) is 1.01. The molecule has 0 spiro atoms. The van der Waals surface area contributed by atoms with Gasteiger partial charge in [0.25, 0.3) is 0 Å². The molecule has 0 aliphatic carbocycles. The first-order valence-corrected chi connectivity index (χ1v) is 4.14. The second kappa shape index (κ2) is 3.90. The number of benzene rings is 1. The first-order chi connectivity index (χ1) is 6.09. The summed E-state index contributed by atoms with van der Waals surface area (Å²) in [6.45, 7) is 3.68. The summed E-state index contributed by atoms with van der Waals surface area (Å²) in [5.41, 5.74) is 7.75. The molecular formula is C11H13NO. The van der Waals surface area contributed by atoms with Crippen molar-refractivity contribution in [3.05, 3.63) is 47.2 Å². The summed E-state index contributed by atoms with van der Waals surface area (Å²) >= 11 is 0. The molecule has 0 radical (unpaired) electrons. The Balaban J connectivity index is 2.90. The van der Waals surface area contributed by atoms with Crippen molar-refractivity contribution < 1.29 is 4.79 Å². The number of allylic oxidation sites excluding steroid dienone is 2. The van der Waals surface area contributed by atoms with E-state index in [0.717, 1.165) is 5.56 Å². The van der Waals surface area contributed by atoms with Gasteiger partial charge in [-0.1, -0.05) is 29.8 Å². The lowest BCUT2D eigenvalue weighted by molar-refractivity contribution is 0.104. The Labute approximate surface area is 78.1 Å². The van der Waals surface area contributed by atoms with Gasteiger partial charge in [0.1, 0.15) is 0 Å². The Morgan fingerprint density at radius 1 is 1.31 bits per heavy atom. The van der Waals surface area contributed by atoms with E-state index < -0.39 is 0 Å². The smallest absolute Gasteiger partial charge is 0.187 e. The number of nitrogens with two attached hydrogens (primary N) is 1. The van der Waals surface area contributed by atoms with Crippen LogP contribution in [-0.2, 0) is 0 Å². The molecule has 2 N–H and O–H groups in total. The summed E-state index contributed by atoms with van der Waals surface area (Å²) in [5.74, 6) is -0.0417. The van der Waals surface area contributed by atoms with E-state index in [4.69, 9.17) is 5.73 Å². The molecule has 1 rings (SSSR count). The highest BCUT2D eigenvalue weighted by molar-refractivity contribution is 6.04. The normalized spacial score (nSPS) is 11.4. The fraction of sp³-hybridized carbons (Fsp3) is 0.182. The maximum atomic E-state index is 11.4. The quantitative estimate of drug-likeness (QED) is 0.552. The van der Waals surface area contributed by atoms with Gasteiger partial charge in [-0.15, -0.1) is 0 Å². The molecule has 1 aromatic rings. The van der Waals surface area contributed by atoms with Crippen molar-refractivity contribution in [3.8, 4) is 0 Å². The molecule has 0 bridgehead atoms. The van der Waals surface area contributed by atoms with E-state index >= 15 is 0 Å². The van der Waals surface area contributed by atoms with Crippen molar-refractivity contribution in [1.82, 2.24) is 0 Å². The van der Waals surface area contributed by atoms with Gasteiger partial charge in [0.2, 0.25) is 0 Å². The molecule has 0 aliphatic heterocycles. The third-order valence-corrected chi connectivity index (χ3v) is 1.69. The second-order valence-electron chi connectivity index (χ2n) is 3.12. The number of carbonyl (C=O) groups is 1. The minimum atomic E-state index is -0.0417. The minimum absolute atomic E-state index is 0.0417. The highest BCUT2D eigenvalue weighted by atomic mass is 16.1. The van der Waals surface area contributed by atoms with E-state index in [2.05, 4.69) is 0 Å². The highest BCUT2D eigenvalue weighted by Crippen LogP contribution is 2.05. The van der Waals surface area contributed by atoms with Crippen LogP contribution in [0, 0.1) is 6.92 Å². The van der Waals surface area contributed by atoms with Crippen LogP contribution in [0.1, 0.15) is 22.8 Å². The molecule has 2 nitrogen and oxygen atoms in total. The molecule has 0 amide bonds. The summed E-state index contributed by atoms with van der Waals surface area (Å²) in [6, 6.07) is 7.42. The van der Waals surface area contributed by atoms with Crippen LogP contribution in [0.25, 0.3) is 0 Å². The second-order valence-corrected chi connectivity index (χ2v) is 3.12. The van der Waals surface area contributed by atoms with Gasteiger partial charge in [-0.3, -0.25) is 4.79 Å². The summed E-state index contributed by atoms with van der Waals surface area (Å²) in [7, 11) is 0. The molecule has 0 unspecified atom stereocenters. The standard InChI is InChI=1S/C11H13NO/c1-8-3-5-10(6-4-8)11(13)7-9(2)12/h3-7H,12H2,1-2H3/b9-7-. The van der Waals surface area contributed by atoms with E-state index in [0.29, 0.717) is 11.3 Å². The van der Waals surface area contributed by atoms with E-state index in [9.17, 15) is 4.79 Å². The predicted molar refractivity (Wildman–Crippen MR) is 53.5 cm³/mol. The predicted octanol–water partition coefficient (Wildman–Crippen LogP) is 2.04. The van der Waals surface area contributed by atoms with Crippen LogP contribution in [0.5, 0.6) is 0 Å². The molecule has 13 heavy (non-hydrogen) atoms. The Morgan fingerprint density at radius 2 is 1.85 bits per heavy atom. The minimum Gasteiger partial charge on any atom is -0.402 e. The van der Waals surface area contributed by atoms with Gasteiger partial charge in [0.05, 0.1) is 0 Å². The molecule has 1 aromatic carbocycles. The first-order valence-electron chi connectivity index (χ1n) is 4.14. The van der Waals surface area contributed by atoms with Crippen molar-refractivity contribution >= 4 is 5.78 Å². The van der Waals surface area contributed by atoms with Crippen LogP contribution in [0.2, 0.25) is 0 Å². The number of carbonyl (C=O) groups excluding carboxylic acids is 1. The van der Waals surface area contributed by atoms with Crippen LogP contribution in [0.3, 0.4) is 0 Å². The van der Waals surface area contributed by atoms with Crippen LogP contribution in [0.4, 0.5) is 0 Å². The zero-order chi connectivity index (χ0) is 9.84. The molecule has 68 valence electrons. The highest BCUT2D eigenvalue weighted by Gasteiger charge is 2.00. The van der Waals surface area contributed by atoms with E-state index in [-0.39, 0.29) is 5.78 Å². The summed E-state index contributed by atoms with van der Waals surface area (Å²) in [6.07, 6.45) is 1.44. The largest absolute Gasteiger partial charge is 0.402 e. The van der Waals surface area contributed by atoms with Crippen LogP contribution in [0.15, 0.2) is 36.0 Å². The van der Waals surface area contributed by atoms with Gasteiger partial charge < -0.3 is 5.73 Å². The van der Waals surface area contributed by atoms with Gasteiger partial charge >= 0.3 is 0 Å². The number of ketones is 1. The van der Waals surface area contributed by atoms with Crippen LogP contribution in [-0.4, -0.2) is 5.78 Å². The van der Waals surface area contributed by atoms with E-state index in [1.54, 1.807) is 19.1 Å². The molecule has 0 heterocycles. The third-order valence-electron chi connectivity index (χ3n) is 1.69. The zero-order valence-corrected chi connectivity index (χ0v) is 7.87. The van der Waals surface area contributed by atoms with E-state index in [1.165, 1.54) is 6.08 Å². The molecule has 0 atom stereocenters. The van der Waals surface area contributed by atoms with Crippen LogP contribution < -0.4 is 5.73 Å². The molecule has 0 saturated heterocycles. The van der Waals surface area contributed by atoms with Crippen molar-refractivity contribution in [1.29, 1.82) is 0 Å². The van der Waals surface area contributed by atoms with Crippen molar-refractivity contribution in [2.75, 3.05) is 0 Å². The average molecular weight is 175 g/mol. The monoisotopic (exact) mass is 175 g/mol. The Morgan fingerprint density at radius 3 is 2.31 bits per heavy atom. The van der Waals surface area contributed by atoms with Gasteiger partial charge in [0, 0.05) is 17.3 Å². The lowest BCUT2D eigenvalue weighted by atomic mass is 10.1. The number of hydrogen-bond acceptors (Lipinski definition) is 2. The first kappa shape index (κ1) is 9.52. The zero-order valence-electron chi connectivity index (χ0n) is 7.87. The van der Waals surface area contributed by atoms with Crippen molar-refractivity contribution in [2.45, 2.75) is 13.8 Å². The fourth-order valence-corrected chi connectivity index (χ4v) is 1.01. The molecule has 2 heteroatoms. The number of rotatable bonds is 2. The Kier molecular flexibility index (Phi) is 2.85. The van der Waals surface area contributed by atoms with Gasteiger partial charge in [-0.2, -0.15) is 0 Å². The molecule has 0 saturated carbocycles. The van der Waals surface area contributed by atoms with Crippen molar-refractivity contribution in [3.63, 3.8) is 0 Å². The summed E-state index contributed by atoms with van der Waals surface area (Å²) in [5, 5.41) is 0. The Hall–Kier alpha value is -1.57. The SMILES string of the molecule is C/C(N)=C/C(=O)c1ccc(C)cc1. The topological polar surface area (TPSA) is 43.1 Å². The maximum Gasteiger partial charge on any atom is 0.187 e. The number of aryl methyl sites for hydroxylation is 1. The summed E-state index contributed by atoms with van der Waals surface area (Å²) in [4.78, 5) is 11.4. The van der Waals surface area contributed by atoms with Gasteiger partial charge in [-0.05, 0) is 13.8 Å². The molecule has 0 aromatic heterocycles. The molecule has 0 aliphatic rings. The molecule has 0 fully saturated rings. The van der Waals surface area contributed by atoms with Crippen LogP contribution >= 0.6 is 0 Å². The molecular weight excluding hydrogens is 162 g/mol. The lowest BCUT2D eigenvalue weighted by Gasteiger charge is -1.97. The van der Waals surface area contributed by atoms with Gasteiger partial charge in [0.15, 0.2) is 5.78 Å². The lowest BCUT2D eigenvalue weighted by Crippen LogP contribution is -1.99. The summed E-state index contributed by atoms with van der Waals surface area (Å²) < 4.78 is 0.